The number of nitrogens with two attached hydrogens (primary N) is 1. The summed E-state index contributed by atoms with van der Waals surface area (Å²) in [6.07, 6.45) is 2.67. The highest BCUT2D eigenvalue weighted by Crippen LogP contribution is 2.18. The first-order valence-electron chi connectivity index (χ1n) is 4.79. The van der Waals surface area contributed by atoms with Gasteiger partial charge in [-0.25, -0.2) is 0 Å². The molecule has 0 fully saturated rings. The maximum atomic E-state index is 5.95. The summed E-state index contributed by atoms with van der Waals surface area (Å²) in [4.78, 5) is 2.07. The Morgan fingerprint density at radius 2 is 1.75 bits per heavy atom. The molecule has 0 amide bonds. The number of halogens is 2. The zero-order valence-electron chi connectivity index (χ0n) is 9.72. The van der Waals surface area contributed by atoms with Crippen LogP contribution in [-0.4, -0.2) is 14.1 Å². The fraction of sp³-hybridized carbons (Fsp3) is 0.333. The molecule has 16 heavy (non-hydrogen) atoms. The molecular weight excluding hydrogens is 243 g/mol. The second kappa shape index (κ2) is 8.45. The minimum Gasteiger partial charge on any atom is -0.378 e. The molecule has 1 aromatic rings. The number of benzene rings is 1. The van der Waals surface area contributed by atoms with Gasteiger partial charge >= 0.3 is 0 Å². The first-order chi connectivity index (χ1) is 6.65. The number of nitrogens with zero attached hydrogens (tertiary/aromatic N) is 1. The van der Waals surface area contributed by atoms with Crippen LogP contribution in [-0.2, 0) is 0 Å². The van der Waals surface area contributed by atoms with E-state index in [-0.39, 0.29) is 30.9 Å². The molecule has 2 N–H and O–H groups in total. The molecule has 4 heteroatoms. The lowest BCUT2D eigenvalue weighted by Gasteiger charge is -2.14. The van der Waals surface area contributed by atoms with Crippen LogP contribution in [0.15, 0.2) is 36.9 Å². The Labute approximate surface area is 110 Å². The van der Waals surface area contributed by atoms with Gasteiger partial charge in [-0.15, -0.1) is 31.4 Å². The zero-order chi connectivity index (χ0) is 10.6. The zero-order valence-corrected chi connectivity index (χ0v) is 11.4. The van der Waals surface area contributed by atoms with Gasteiger partial charge in [0.05, 0.1) is 0 Å². The molecule has 2 nitrogen and oxygen atoms in total. The average Bonchev–Trinajstić information content (AvgIpc) is 2.18. The van der Waals surface area contributed by atoms with E-state index in [1.165, 1.54) is 5.69 Å². The van der Waals surface area contributed by atoms with Gasteiger partial charge in [0.15, 0.2) is 0 Å². The van der Waals surface area contributed by atoms with Crippen molar-refractivity contribution in [3.63, 3.8) is 0 Å². The maximum Gasteiger partial charge on any atom is 0.0361 e. The van der Waals surface area contributed by atoms with Gasteiger partial charge in [-0.2, -0.15) is 0 Å². The molecule has 0 bridgehead atoms. The predicted octanol–water partition coefficient (Wildman–Crippen LogP) is 3.17. The lowest BCUT2D eigenvalue weighted by Crippen LogP contribution is -2.11. The van der Waals surface area contributed by atoms with E-state index in [4.69, 9.17) is 5.73 Å². The van der Waals surface area contributed by atoms with Gasteiger partial charge in [-0.1, -0.05) is 18.2 Å². The third kappa shape index (κ3) is 4.88. The molecule has 0 spiro atoms. The van der Waals surface area contributed by atoms with Crippen LogP contribution >= 0.6 is 24.8 Å². The van der Waals surface area contributed by atoms with Crippen molar-refractivity contribution >= 4 is 30.5 Å². The van der Waals surface area contributed by atoms with Crippen LogP contribution < -0.4 is 10.6 Å². The number of anilines is 1. The van der Waals surface area contributed by atoms with Crippen molar-refractivity contribution in [3.8, 4) is 0 Å². The number of hydrogen-bond acceptors (Lipinski definition) is 2. The summed E-state index contributed by atoms with van der Waals surface area (Å²) in [5, 5.41) is 0. The van der Waals surface area contributed by atoms with Gasteiger partial charge in [0, 0.05) is 25.8 Å². The van der Waals surface area contributed by atoms with Gasteiger partial charge in [0.1, 0.15) is 0 Å². The molecule has 1 rings (SSSR count). The minimum atomic E-state index is 0. The largest absolute Gasteiger partial charge is 0.378 e. The summed E-state index contributed by atoms with van der Waals surface area (Å²) in [6, 6.07) is 8.38. The van der Waals surface area contributed by atoms with Crippen molar-refractivity contribution in [1.82, 2.24) is 0 Å². The monoisotopic (exact) mass is 262 g/mol. The van der Waals surface area contributed by atoms with E-state index in [1.54, 1.807) is 0 Å². The summed E-state index contributed by atoms with van der Waals surface area (Å²) < 4.78 is 0. The standard InChI is InChI=1S/C12H18N2.2ClH/c1-4-5-12(13)10-6-8-11(9-7-10)14(2)3;;/h4,6-9,12H,1,5,13H2,2-3H3;2*1H/t12-;;/m0../s1. The summed E-state index contributed by atoms with van der Waals surface area (Å²) in [7, 11) is 4.05. The van der Waals surface area contributed by atoms with Crippen LogP contribution in [0.25, 0.3) is 0 Å². The number of hydrogen-bond donors (Lipinski definition) is 1. The highest BCUT2D eigenvalue weighted by atomic mass is 35.5. The van der Waals surface area contributed by atoms with Crippen LogP contribution in [0.5, 0.6) is 0 Å². The molecule has 0 aliphatic rings. The lowest BCUT2D eigenvalue weighted by molar-refractivity contribution is 0.742. The highest BCUT2D eigenvalue weighted by molar-refractivity contribution is 5.85. The first-order valence-corrected chi connectivity index (χ1v) is 4.79. The van der Waals surface area contributed by atoms with E-state index >= 15 is 0 Å². The van der Waals surface area contributed by atoms with Crippen LogP contribution in [0.4, 0.5) is 5.69 Å². The van der Waals surface area contributed by atoms with E-state index in [0.29, 0.717) is 0 Å². The molecule has 92 valence electrons. The maximum absolute atomic E-state index is 5.95. The fourth-order valence-electron chi connectivity index (χ4n) is 1.34. The van der Waals surface area contributed by atoms with Gasteiger partial charge < -0.3 is 10.6 Å². The van der Waals surface area contributed by atoms with Gasteiger partial charge in [-0.3, -0.25) is 0 Å². The summed E-state index contributed by atoms with van der Waals surface area (Å²) in [6.45, 7) is 3.68. The quantitative estimate of drug-likeness (QED) is 0.845. The lowest BCUT2D eigenvalue weighted by atomic mass is 10.0. The first kappa shape index (κ1) is 17.7. The van der Waals surface area contributed by atoms with Crippen molar-refractivity contribution in [1.29, 1.82) is 0 Å². The Morgan fingerprint density at radius 3 is 2.12 bits per heavy atom. The molecule has 1 aromatic carbocycles. The Balaban J connectivity index is 0. The van der Waals surface area contributed by atoms with Crippen molar-refractivity contribution in [3.05, 3.63) is 42.5 Å². The van der Waals surface area contributed by atoms with Crippen molar-refractivity contribution in [2.24, 2.45) is 5.73 Å². The van der Waals surface area contributed by atoms with Crippen molar-refractivity contribution in [2.45, 2.75) is 12.5 Å². The molecule has 0 saturated heterocycles. The van der Waals surface area contributed by atoms with Crippen molar-refractivity contribution < 1.29 is 0 Å². The summed E-state index contributed by atoms with van der Waals surface area (Å²) in [5.41, 5.74) is 8.30. The topological polar surface area (TPSA) is 29.3 Å². The molecule has 0 aliphatic carbocycles. The van der Waals surface area contributed by atoms with Crippen molar-refractivity contribution in [2.75, 3.05) is 19.0 Å². The summed E-state index contributed by atoms with van der Waals surface area (Å²) in [5.74, 6) is 0. The van der Waals surface area contributed by atoms with Crippen LogP contribution in [0, 0.1) is 0 Å². The highest BCUT2D eigenvalue weighted by Gasteiger charge is 2.03. The second-order valence-electron chi connectivity index (χ2n) is 3.62. The minimum absolute atomic E-state index is 0. The normalized spacial score (nSPS) is 10.7. The molecule has 1 atom stereocenters. The molecule has 0 radical (unpaired) electrons. The molecule has 0 aliphatic heterocycles. The van der Waals surface area contributed by atoms with E-state index in [0.717, 1.165) is 12.0 Å². The summed E-state index contributed by atoms with van der Waals surface area (Å²) >= 11 is 0. The predicted molar refractivity (Wildman–Crippen MR) is 77.0 cm³/mol. The average molecular weight is 263 g/mol. The second-order valence-corrected chi connectivity index (χ2v) is 3.62. The molecule has 0 aromatic heterocycles. The molecule has 0 saturated carbocycles. The van der Waals surface area contributed by atoms with E-state index < -0.39 is 0 Å². The third-order valence-corrected chi connectivity index (χ3v) is 2.26. The molecular formula is C12H20Cl2N2. The van der Waals surface area contributed by atoms with Crippen LogP contribution in [0.3, 0.4) is 0 Å². The molecule has 0 unspecified atom stereocenters. The third-order valence-electron chi connectivity index (χ3n) is 2.26. The Hall–Kier alpha value is -0.700. The smallest absolute Gasteiger partial charge is 0.0361 e. The van der Waals surface area contributed by atoms with E-state index in [2.05, 4.69) is 35.7 Å². The van der Waals surface area contributed by atoms with Crippen LogP contribution in [0.1, 0.15) is 18.0 Å². The Bertz CT molecular complexity index is 296. The molecule has 0 heterocycles. The fourth-order valence-corrected chi connectivity index (χ4v) is 1.34. The van der Waals surface area contributed by atoms with Crippen LogP contribution in [0.2, 0.25) is 0 Å². The Morgan fingerprint density at radius 1 is 1.25 bits per heavy atom. The van der Waals surface area contributed by atoms with Gasteiger partial charge in [0.25, 0.3) is 0 Å². The number of rotatable bonds is 4. The van der Waals surface area contributed by atoms with E-state index in [1.807, 2.05) is 20.2 Å². The van der Waals surface area contributed by atoms with Gasteiger partial charge in [0.2, 0.25) is 0 Å². The SMILES string of the molecule is C=CC[C@H](N)c1ccc(N(C)C)cc1.Cl.Cl. The Kier molecular flexibility index (Phi) is 9.34. The van der Waals surface area contributed by atoms with E-state index in [9.17, 15) is 0 Å². The van der Waals surface area contributed by atoms with Gasteiger partial charge in [-0.05, 0) is 24.1 Å².